The molecule has 1 N–H and O–H groups in total. The molecule has 2 aromatic heterocycles. The summed E-state index contributed by atoms with van der Waals surface area (Å²) in [5, 5.41) is 4.68. The fourth-order valence-corrected chi connectivity index (χ4v) is 4.83. The third-order valence-electron chi connectivity index (χ3n) is 4.82. The quantitative estimate of drug-likeness (QED) is 0.776. The first-order chi connectivity index (χ1) is 12.4. The maximum Gasteiger partial charge on any atom is 0.161 e. The lowest BCUT2D eigenvalue weighted by atomic mass is 9.97. The predicted molar refractivity (Wildman–Crippen MR) is 98.9 cm³/mol. The molecule has 6 heteroatoms. The molecule has 3 heterocycles. The van der Waals surface area contributed by atoms with Gasteiger partial charge in [-0.3, -0.25) is 0 Å². The van der Waals surface area contributed by atoms with Crippen molar-refractivity contribution in [1.29, 1.82) is 0 Å². The normalized spacial score (nSPS) is 18.8. The van der Waals surface area contributed by atoms with Gasteiger partial charge in [-0.1, -0.05) is 12.1 Å². The zero-order chi connectivity index (χ0) is 16.6. The minimum Gasteiger partial charge on any atom is -0.486 e. The number of para-hydroxylation sites is 2. The second-order valence-corrected chi connectivity index (χ2v) is 7.58. The van der Waals surface area contributed by atoms with Crippen molar-refractivity contribution in [2.75, 3.05) is 18.5 Å². The van der Waals surface area contributed by atoms with Gasteiger partial charge < -0.3 is 14.8 Å². The minimum absolute atomic E-state index is 0.0330. The fraction of sp³-hybridized carbons (Fsp3) is 0.368. The Kier molecular flexibility index (Phi) is 3.70. The molecule has 1 atom stereocenters. The SMILES string of the molecule is c1ccc2c(c1)OC[C@H](CNc1ncnc3sc4c(c13)CCCC4)O2. The van der Waals surface area contributed by atoms with Crippen LogP contribution in [0, 0.1) is 0 Å². The van der Waals surface area contributed by atoms with Crippen molar-refractivity contribution in [3.05, 3.63) is 41.0 Å². The van der Waals surface area contributed by atoms with Gasteiger partial charge in [-0.15, -0.1) is 11.3 Å². The highest BCUT2D eigenvalue weighted by Gasteiger charge is 2.23. The first-order valence-corrected chi connectivity index (χ1v) is 9.58. The number of nitrogens with zero attached hydrogens (tertiary/aromatic N) is 2. The maximum atomic E-state index is 6.03. The van der Waals surface area contributed by atoms with E-state index in [1.54, 1.807) is 6.33 Å². The topological polar surface area (TPSA) is 56.3 Å². The molecule has 0 saturated heterocycles. The second kappa shape index (κ2) is 6.19. The minimum atomic E-state index is -0.0330. The lowest BCUT2D eigenvalue weighted by molar-refractivity contribution is 0.0997. The summed E-state index contributed by atoms with van der Waals surface area (Å²) in [6, 6.07) is 7.80. The molecule has 128 valence electrons. The van der Waals surface area contributed by atoms with Crippen LogP contribution in [0.3, 0.4) is 0 Å². The van der Waals surface area contributed by atoms with Crippen molar-refractivity contribution < 1.29 is 9.47 Å². The summed E-state index contributed by atoms with van der Waals surface area (Å²) in [6.45, 7) is 1.20. The summed E-state index contributed by atoms with van der Waals surface area (Å²) in [5.41, 5.74) is 1.44. The Hall–Kier alpha value is -2.34. The average Bonchev–Trinajstić information content (AvgIpc) is 3.05. The van der Waals surface area contributed by atoms with Crippen LogP contribution in [0.1, 0.15) is 23.3 Å². The van der Waals surface area contributed by atoms with Crippen molar-refractivity contribution in [1.82, 2.24) is 9.97 Å². The lowest BCUT2D eigenvalue weighted by Crippen LogP contribution is -2.35. The number of rotatable bonds is 3. The van der Waals surface area contributed by atoms with Crippen LogP contribution in [-0.2, 0) is 12.8 Å². The van der Waals surface area contributed by atoms with Gasteiger partial charge in [0.15, 0.2) is 11.5 Å². The standard InChI is InChI=1S/C19H19N3O2S/c1-4-8-16-13(5-1)17-18(21-11-22-19(17)25-16)20-9-12-10-23-14-6-2-3-7-15(14)24-12/h2-3,6-7,11-12H,1,4-5,8-10H2,(H,20,21,22)/t12-/m0/s1. The van der Waals surface area contributed by atoms with E-state index >= 15 is 0 Å². The van der Waals surface area contributed by atoms with E-state index in [2.05, 4.69) is 15.3 Å². The van der Waals surface area contributed by atoms with Crippen LogP contribution in [0.4, 0.5) is 5.82 Å². The van der Waals surface area contributed by atoms with Crippen LogP contribution in [-0.4, -0.2) is 29.2 Å². The molecule has 0 fully saturated rings. The highest BCUT2D eigenvalue weighted by atomic mass is 32.1. The van der Waals surface area contributed by atoms with E-state index in [0.29, 0.717) is 13.2 Å². The first kappa shape index (κ1) is 15.0. The number of aromatic nitrogens is 2. The van der Waals surface area contributed by atoms with Gasteiger partial charge in [0.05, 0.1) is 11.9 Å². The van der Waals surface area contributed by atoms with E-state index in [0.717, 1.165) is 28.6 Å². The Morgan fingerprint density at radius 2 is 2.00 bits per heavy atom. The summed E-state index contributed by atoms with van der Waals surface area (Å²) in [6.07, 6.45) is 6.46. The van der Waals surface area contributed by atoms with Crippen LogP contribution < -0.4 is 14.8 Å². The van der Waals surface area contributed by atoms with E-state index in [1.165, 1.54) is 35.1 Å². The van der Waals surface area contributed by atoms with Gasteiger partial charge >= 0.3 is 0 Å². The zero-order valence-electron chi connectivity index (χ0n) is 13.8. The van der Waals surface area contributed by atoms with E-state index in [4.69, 9.17) is 9.47 Å². The molecule has 25 heavy (non-hydrogen) atoms. The summed E-state index contributed by atoms with van der Waals surface area (Å²) >= 11 is 1.82. The summed E-state index contributed by atoms with van der Waals surface area (Å²) in [7, 11) is 0. The summed E-state index contributed by atoms with van der Waals surface area (Å²) < 4.78 is 11.8. The lowest BCUT2D eigenvalue weighted by Gasteiger charge is -2.26. The molecule has 0 amide bonds. The molecule has 0 saturated carbocycles. The molecule has 0 spiro atoms. The number of aryl methyl sites for hydroxylation is 2. The Morgan fingerprint density at radius 3 is 2.96 bits per heavy atom. The monoisotopic (exact) mass is 353 g/mol. The Morgan fingerprint density at radius 1 is 1.12 bits per heavy atom. The highest BCUT2D eigenvalue weighted by molar-refractivity contribution is 7.19. The van der Waals surface area contributed by atoms with E-state index < -0.39 is 0 Å². The van der Waals surface area contributed by atoms with Gasteiger partial charge in [0.2, 0.25) is 0 Å². The number of nitrogens with one attached hydrogen (secondary N) is 1. The van der Waals surface area contributed by atoms with Gasteiger partial charge in [0.25, 0.3) is 0 Å². The molecule has 2 aliphatic rings. The molecule has 5 nitrogen and oxygen atoms in total. The van der Waals surface area contributed by atoms with Crippen molar-refractivity contribution in [3.63, 3.8) is 0 Å². The number of thiophene rings is 1. The van der Waals surface area contributed by atoms with Crippen LogP contribution >= 0.6 is 11.3 Å². The summed E-state index contributed by atoms with van der Waals surface area (Å²) in [5.74, 6) is 2.54. The molecule has 3 aromatic rings. The molecular weight excluding hydrogens is 334 g/mol. The van der Waals surface area contributed by atoms with E-state index in [9.17, 15) is 0 Å². The number of ether oxygens (including phenoxy) is 2. The Bertz CT molecular complexity index is 924. The molecule has 0 bridgehead atoms. The summed E-state index contributed by atoms with van der Waals surface area (Å²) in [4.78, 5) is 11.6. The van der Waals surface area contributed by atoms with Crippen molar-refractivity contribution in [3.8, 4) is 11.5 Å². The van der Waals surface area contributed by atoms with Gasteiger partial charge in [0, 0.05) is 4.88 Å². The van der Waals surface area contributed by atoms with Crippen LogP contribution in [0.5, 0.6) is 11.5 Å². The first-order valence-electron chi connectivity index (χ1n) is 8.76. The predicted octanol–water partition coefficient (Wildman–Crippen LogP) is 3.82. The third kappa shape index (κ3) is 2.70. The van der Waals surface area contributed by atoms with Gasteiger partial charge in [-0.2, -0.15) is 0 Å². The molecule has 5 rings (SSSR count). The van der Waals surface area contributed by atoms with Crippen LogP contribution in [0.25, 0.3) is 10.2 Å². The van der Waals surface area contributed by atoms with Crippen molar-refractivity contribution in [2.24, 2.45) is 0 Å². The Balaban J connectivity index is 1.37. The molecule has 1 aromatic carbocycles. The average molecular weight is 353 g/mol. The Labute approximate surface area is 150 Å². The molecule has 0 radical (unpaired) electrons. The van der Waals surface area contributed by atoms with Crippen molar-refractivity contribution >= 4 is 27.4 Å². The fourth-order valence-electron chi connectivity index (χ4n) is 3.60. The largest absolute Gasteiger partial charge is 0.486 e. The van der Waals surface area contributed by atoms with Gasteiger partial charge in [0.1, 0.15) is 29.7 Å². The molecule has 1 aliphatic heterocycles. The van der Waals surface area contributed by atoms with Crippen molar-refractivity contribution in [2.45, 2.75) is 31.8 Å². The van der Waals surface area contributed by atoms with Gasteiger partial charge in [-0.25, -0.2) is 9.97 Å². The molecule has 0 unspecified atom stereocenters. The van der Waals surface area contributed by atoms with Gasteiger partial charge in [-0.05, 0) is 43.4 Å². The molecule has 1 aliphatic carbocycles. The zero-order valence-corrected chi connectivity index (χ0v) is 14.6. The maximum absolute atomic E-state index is 6.03. The van der Waals surface area contributed by atoms with E-state index in [-0.39, 0.29) is 6.10 Å². The number of hydrogen-bond acceptors (Lipinski definition) is 6. The van der Waals surface area contributed by atoms with Crippen LogP contribution in [0.15, 0.2) is 30.6 Å². The van der Waals surface area contributed by atoms with Crippen LogP contribution in [0.2, 0.25) is 0 Å². The number of benzene rings is 1. The number of fused-ring (bicyclic) bond motifs is 4. The smallest absolute Gasteiger partial charge is 0.161 e. The highest BCUT2D eigenvalue weighted by Crippen LogP contribution is 2.38. The second-order valence-electron chi connectivity index (χ2n) is 6.49. The number of hydrogen-bond donors (Lipinski definition) is 1. The number of anilines is 1. The molecular formula is C19H19N3O2S. The third-order valence-corrected chi connectivity index (χ3v) is 6.02. The van der Waals surface area contributed by atoms with E-state index in [1.807, 2.05) is 35.6 Å².